The van der Waals surface area contributed by atoms with Crippen molar-refractivity contribution < 1.29 is 0 Å². The number of aryl methyl sites for hydroxylation is 1. The van der Waals surface area contributed by atoms with Gasteiger partial charge in [0.2, 0.25) is 0 Å². The van der Waals surface area contributed by atoms with Gasteiger partial charge in [0.05, 0.1) is 6.20 Å². The van der Waals surface area contributed by atoms with E-state index in [0.29, 0.717) is 5.41 Å². The molecular weight excluding hydrogens is 174 g/mol. The molecule has 78 valence electrons. The van der Waals surface area contributed by atoms with Crippen LogP contribution >= 0.6 is 0 Å². The van der Waals surface area contributed by atoms with Crippen LogP contribution in [0.15, 0.2) is 12.4 Å². The van der Waals surface area contributed by atoms with Gasteiger partial charge in [-0.15, -0.1) is 0 Å². The van der Waals surface area contributed by atoms with Crippen LogP contribution in [-0.4, -0.2) is 9.78 Å². The van der Waals surface area contributed by atoms with Gasteiger partial charge in [0.1, 0.15) is 0 Å². The fraction of sp³-hybridized carbons (Fsp3) is 0.727. The van der Waals surface area contributed by atoms with Crippen molar-refractivity contribution in [2.24, 2.45) is 11.1 Å². The van der Waals surface area contributed by atoms with E-state index < -0.39 is 0 Å². The average molecular weight is 193 g/mol. The number of rotatable bonds is 4. The van der Waals surface area contributed by atoms with E-state index in [1.165, 1.54) is 18.4 Å². The molecular formula is C11H19N3. The lowest BCUT2D eigenvalue weighted by molar-refractivity contribution is 0.450. The van der Waals surface area contributed by atoms with Crippen molar-refractivity contribution in [3.05, 3.63) is 18.0 Å². The number of hydrogen-bond donors (Lipinski definition) is 1. The van der Waals surface area contributed by atoms with Crippen LogP contribution in [-0.2, 0) is 6.54 Å². The van der Waals surface area contributed by atoms with E-state index in [-0.39, 0.29) is 6.04 Å². The molecule has 0 spiro atoms. The minimum absolute atomic E-state index is 0.174. The molecule has 1 heterocycles. The zero-order valence-corrected chi connectivity index (χ0v) is 9.03. The third kappa shape index (κ3) is 1.69. The van der Waals surface area contributed by atoms with Crippen LogP contribution in [0.2, 0.25) is 0 Å². The van der Waals surface area contributed by atoms with Gasteiger partial charge in [-0.2, -0.15) is 5.10 Å². The first-order chi connectivity index (χ1) is 6.65. The van der Waals surface area contributed by atoms with Crippen molar-refractivity contribution in [1.82, 2.24) is 9.78 Å². The van der Waals surface area contributed by atoms with Gasteiger partial charge in [-0.1, -0.05) is 13.8 Å². The maximum absolute atomic E-state index is 6.19. The predicted octanol–water partition coefficient (Wildman–Crippen LogP) is 2.09. The fourth-order valence-electron chi connectivity index (χ4n) is 1.80. The zero-order chi connectivity index (χ0) is 10.2. The van der Waals surface area contributed by atoms with Gasteiger partial charge in [0.15, 0.2) is 0 Å². The van der Waals surface area contributed by atoms with Gasteiger partial charge in [0, 0.05) is 24.3 Å². The lowest BCUT2D eigenvalue weighted by Gasteiger charge is -2.16. The number of nitrogens with two attached hydrogens (primary N) is 1. The van der Waals surface area contributed by atoms with Crippen LogP contribution < -0.4 is 5.73 Å². The van der Waals surface area contributed by atoms with Gasteiger partial charge < -0.3 is 5.73 Å². The van der Waals surface area contributed by atoms with Crippen LogP contribution in [0, 0.1) is 5.41 Å². The molecule has 3 heteroatoms. The molecule has 1 aromatic heterocycles. The summed E-state index contributed by atoms with van der Waals surface area (Å²) in [7, 11) is 0. The molecule has 0 aromatic carbocycles. The van der Waals surface area contributed by atoms with Crippen LogP contribution in [0.3, 0.4) is 0 Å². The molecule has 0 amide bonds. The second-order valence-electron chi connectivity index (χ2n) is 4.67. The highest BCUT2D eigenvalue weighted by Gasteiger charge is 2.43. The summed E-state index contributed by atoms with van der Waals surface area (Å²) in [5, 5.41) is 4.30. The van der Waals surface area contributed by atoms with E-state index in [0.717, 1.165) is 13.0 Å². The topological polar surface area (TPSA) is 43.8 Å². The normalized spacial score (nSPS) is 20.8. The first-order valence-corrected chi connectivity index (χ1v) is 5.43. The Kier molecular flexibility index (Phi) is 2.35. The third-order valence-corrected chi connectivity index (χ3v) is 3.25. The highest BCUT2D eigenvalue weighted by Crippen LogP contribution is 2.53. The zero-order valence-electron chi connectivity index (χ0n) is 9.03. The van der Waals surface area contributed by atoms with E-state index >= 15 is 0 Å². The quantitative estimate of drug-likeness (QED) is 0.795. The van der Waals surface area contributed by atoms with Crippen LogP contribution in [0.4, 0.5) is 0 Å². The van der Waals surface area contributed by atoms with Gasteiger partial charge >= 0.3 is 0 Å². The van der Waals surface area contributed by atoms with E-state index in [1.807, 2.05) is 10.9 Å². The van der Waals surface area contributed by atoms with E-state index in [4.69, 9.17) is 5.73 Å². The second kappa shape index (κ2) is 3.39. The van der Waals surface area contributed by atoms with E-state index in [2.05, 4.69) is 25.1 Å². The Morgan fingerprint density at radius 3 is 2.93 bits per heavy atom. The highest BCUT2D eigenvalue weighted by molar-refractivity contribution is 5.17. The maximum atomic E-state index is 6.19. The minimum Gasteiger partial charge on any atom is -0.323 e. The van der Waals surface area contributed by atoms with Crippen molar-refractivity contribution >= 4 is 0 Å². The fourth-order valence-corrected chi connectivity index (χ4v) is 1.80. The van der Waals surface area contributed by atoms with Crippen molar-refractivity contribution in [1.29, 1.82) is 0 Å². The SMILES string of the molecule is CCCn1cc(C(N)C2(C)CC2)cn1. The van der Waals surface area contributed by atoms with E-state index in [1.54, 1.807) is 0 Å². The summed E-state index contributed by atoms with van der Waals surface area (Å²) in [5.41, 5.74) is 7.73. The summed E-state index contributed by atoms with van der Waals surface area (Å²) in [6.07, 6.45) is 7.65. The largest absolute Gasteiger partial charge is 0.323 e. The van der Waals surface area contributed by atoms with Gasteiger partial charge in [-0.05, 0) is 24.7 Å². The summed E-state index contributed by atoms with van der Waals surface area (Å²) >= 11 is 0. The smallest absolute Gasteiger partial charge is 0.0537 e. The monoisotopic (exact) mass is 193 g/mol. The van der Waals surface area contributed by atoms with Crippen molar-refractivity contribution in [3.8, 4) is 0 Å². The Labute approximate surface area is 85.3 Å². The summed E-state index contributed by atoms with van der Waals surface area (Å²) < 4.78 is 1.99. The molecule has 1 unspecified atom stereocenters. The van der Waals surface area contributed by atoms with Crippen molar-refractivity contribution in [3.63, 3.8) is 0 Å². The number of nitrogens with zero attached hydrogens (tertiary/aromatic N) is 2. The second-order valence-corrected chi connectivity index (χ2v) is 4.67. The predicted molar refractivity (Wildman–Crippen MR) is 56.8 cm³/mol. The molecule has 14 heavy (non-hydrogen) atoms. The molecule has 0 bridgehead atoms. The molecule has 1 saturated carbocycles. The Balaban J connectivity index is 2.08. The molecule has 1 aliphatic carbocycles. The molecule has 1 fully saturated rings. The minimum atomic E-state index is 0.174. The van der Waals surface area contributed by atoms with Gasteiger partial charge in [0.25, 0.3) is 0 Å². The molecule has 0 aliphatic heterocycles. The summed E-state index contributed by atoms with van der Waals surface area (Å²) in [6, 6.07) is 0.174. The Bertz CT molecular complexity index is 312. The molecule has 1 aliphatic rings. The average Bonchev–Trinajstić information content (AvgIpc) is 2.76. The Morgan fingerprint density at radius 2 is 2.36 bits per heavy atom. The molecule has 2 N–H and O–H groups in total. The molecule has 2 rings (SSSR count). The maximum Gasteiger partial charge on any atom is 0.0537 e. The Hall–Kier alpha value is -0.830. The summed E-state index contributed by atoms with van der Waals surface area (Å²) in [4.78, 5) is 0. The standard InChI is InChI=1S/C11H19N3/c1-3-6-14-8-9(7-13-14)10(12)11(2)4-5-11/h7-8,10H,3-6,12H2,1-2H3. The summed E-state index contributed by atoms with van der Waals surface area (Å²) in [5.74, 6) is 0. The van der Waals surface area contributed by atoms with Crippen LogP contribution in [0.1, 0.15) is 44.7 Å². The third-order valence-electron chi connectivity index (χ3n) is 3.25. The molecule has 1 atom stereocenters. The molecule has 0 radical (unpaired) electrons. The molecule has 0 saturated heterocycles. The summed E-state index contributed by atoms with van der Waals surface area (Å²) in [6.45, 7) is 5.40. The molecule has 3 nitrogen and oxygen atoms in total. The number of aromatic nitrogens is 2. The van der Waals surface area contributed by atoms with Crippen LogP contribution in [0.5, 0.6) is 0 Å². The van der Waals surface area contributed by atoms with E-state index in [9.17, 15) is 0 Å². The first kappa shape index (κ1) is 9.71. The van der Waals surface area contributed by atoms with Gasteiger partial charge in [-0.25, -0.2) is 0 Å². The highest BCUT2D eigenvalue weighted by atomic mass is 15.3. The lowest BCUT2D eigenvalue weighted by Crippen LogP contribution is -2.19. The lowest BCUT2D eigenvalue weighted by atomic mass is 9.95. The van der Waals surface area contributed by atoms with Crippen molar-refractivity contribution in [2.75, 3.05) is 0 Å². The van der Waals surface area contributed by atoms with Gasteiger partial charge in [-0.3, -0.25) is 4.68 Å². The Morgan fingerprint density at radius 1 is 1.64 bits per heavy atom. The first-order valence-electron chi connectivity index (χ1n) is 5.43. The van der Waals surface area contributed by atoms with Crippen molar-refractivity contribution in [2.45, 2.75) is 45.7 Å². The van der Waals surface area contributed by atoms with Crippen LogP contribution in [0.25, 0.3) is 0 Å². The number of hydrogen-bond acceptors (Lipinski definition) is 2. The molecule has 1 aromatic rings.